The van der Waals surface area contributed by atoms with Crippen LogP contribution in [-0.2, 0) is 9.59 Å². The lowest BCUT2D eigenvalue weighted by Crippen LogP contribution is -2.35. The Balaban J connectivity index is 2.04. The van der Waals surface area contributed by atoms with Crippen LogP contribution >= 0.6 is 0 Å². The normalized spacial score (nSPS) is 18.1. The maximum atomic E-state index is 13.5. The molecule has 0 saturated carbocycles. The number of carbonyl (C=O) groups excluding carboxylic acids is 2. The number of aliphatic hydroxyl groups is 1. The minimum absolute atomic E-state index is 0.00223. The smallest absolute Gasteiger partial charge is 0.295 e. The summed E-state index contributed by atoms with van der Waals surface area (Å²) >= 11 is 0. The zero-order valence-electron chi connectivity index (χ0n) is 18.0. The third kappa shape index (κ3) is 4.94. The molecule has 3 rings (SSSR count). The first kappa shape index (κ1) is 22.5. The molecule has 0 aromatic heterocycles. The second kappa shape index (κ2) is 9.75. The highest BCUT2D eigenvalue weighted by atomic mass is 19.1. The third-order valence-electron chi connectivity index (χ3n) is 5.11. The van der Waals surface area contributed by atoms with Gasteiger partial charge in [0.25, 0.3) is 11.7 Å². The number of carbonyl (C=O) groups is 2. The highest BCUT2D eigenvalue weighted by Crippen LogP contribution is 2.39. The number of rotatable bonds is 8. The Bertz CT molecular complexity index is 968. The van der Waals surface area contributed by atoms with Crippen LogP contribution in [0, 0.1) is 5.82 Å². The van der Waals surface area contributed by atoms with Gasteiger partial charge in [-0.05, 0) is 62.5 Å². The van der Waals surface area contributed by atoms with E-state index in [1.807, 2.05) is 25.9 Å². The Hall–Kier alpha value is -3.19. The van der Waals surface area contributed by atoms with Crippen LogP contribution in [0.15, 0.2) is 54.1 Å². The van der Waals surface area contributed by atoms with Gasteiger partial charge in [0.05, 0.1) is 18.2 Å². The molecule has 2 aromatic carbocycles. The highest BCUT2D eigenvalue weighted by molar-refractivity contribution is 6.46. The number of benzene rings is 2. The summed E-state index contributed by atoms with van der Waals surface area (Å²) in [5, 5.41) is 11.0. The van der Waals surface area contributed by atoms with E-state index in [4.69, 9.17) is 4.74 Å². The summed E-state index contributed by atoms with van der Waals surface area (Å²) in [4.78, 5) is 29.0. The van der Waals surface area contributed by atoms with Crippen LogP contribution in [0.2, 0.25) is 0 Å². The fraction of sp³-hybridized carbons (Fsp3) is 0.333. The lowest BCUT2D eigenvalue weighted by atomic mass is 9.95. The predicted octanol–water partition coefficient (Wildman–Crippen LogP) is 3.60. The topological polar surface area (TPSA) is 70.1 Å². The highest BCUT2D eigenvalue weighted by Gasteiger charge is 2.45. The summed E-state index contributed by atoms with van der Waals surface area (Å²) in [7, 11) is 3.73. The van der Waals surface area contributed by atoms with Crippen molar-refractivity contribution in [2.75, 3.05) is 33.8 Å². The average Bonchev–Trinajstić information content (AvgIpc) is 3.01. The number of Topliss-reactive ketones (excluding diaryl/α,β-unsaturated/α-hetero) is 1. The molecule has 7 heteroatoms. The molecule has 0 aliphatic carbocycles. The van der Waals surface area contributed by atoms with Gasteiger partial charge in [0, 0.05) is 18.7 Å². The Morgan fingerprint density at radius 2 is 1.74 bits per heavy atom. The molecule has 1 amide bonds. The number of aliphatic hydroxyl groups excluding tert-OH is 1. The van der Waals surface area contributed by atoms with Gasteiger partial charge >= 0.3 is 0 Å². The Morgan fingerprint density at radius 1 is 1.10 bits per heavy atom. The molecule has 1 atom stereocenters. The van der Waals surface area contributed by atoms with Crippen LogP contribution in [0.3, 0.4) is 0 Å². The molecule has 0 radical (unpaired) electrons. The monoisotopic (exact) mass is 426 g/mol. The molecule has 164 valence electrons. The van der Waals surface area contributed by atoms with Gasteiger partial charge in [0.2, 0.25) is 0 Å². The number of ketones is 1. The predicted molar refractivity (Wildman–Crippen MR) is 116 cm³/mol. The van der Waals surface area contributed by atoms with E-state index < -0.39 is 23.5 Å². The molecule has 1 fully saturated rings. The van der Waals surface area contributed by atoms with Crippen LogP contribution in [0.1, 0.15) is 30.5 Å². The van der Waals surface area contributed by atoms with Gasteiger partial charge in [0.15, 0.2) is 0 Å². The molecule has 1 aliphatic heterocycles. The van der Waals surface area contributed by atoms with Gasteiger partial charge < -0.3 is 19.6 Å². The number of nitrogens with zero attached hydrogens (tertiary/aromatic N) is 2. The van der Waals surface area contributed by atoms with Crippen molar-refractivity contribution in [2.45, 2.75) is 19.4 Å². The zero-order chi connectivity index (χ0) is 22.5. The van der Waals surface area contributed by atoms with E-state index in [1.165, 1.54) is 29.2 Å². The fourth-order valence-corrected chi connectivity index (χ4v) is 3.49. The molecule has 31 heavy (non-hydrogen) atoms. The van der Waals surface area contributed by atoms with E-state index in [1.54, 1.807) is 24.3 Å². The van der Waals surface area contributed by atoms with Gasteiger partial charge in [-0.2, -0.15) is 0 Å². The fourth-order valence-electron chi connectivity index (χ4n) is 3.49. The number of hydrogen-bond donors (Lipinski definition) is 1. The average molecular weight is 426 g/mol. The number of ether oxygens (including phenoxy) is 1. The minimum Gasteiger partial charge on any atom is -0.507 e. The number of likely N-dealkylation sites (N-methyl/N-ethyl adjacent to an activating group) is 1. The summed E-state index contributed by atoms with van der Waals surface area (Å²) in [6.45, 7) is 3.41. The number of halogens is 1. The van der Waals surface area contributed by atoms with Crippen LogP contribution in [0.4, 0.5) is 4.39 Å². The van der Waals surface area contributed by atoms with Crippen molar-refractivity contribution in [3.05, 3.63) is 71.0 Å². The second-order valence-electron chi connectivity index (χ2n) is 7.72. The third-order valence-corrected chi connectivity index (χ3v) is 5.11. The maximum absolute atomic E-state index is 13.5. The van der Waals surface area contributed by atoms with E-state index in [2.05, 4.69) is 0 Å². The Kier molecular flexibility index (Phi) is 7.07. The van der Waals surface area contributed by atoms with E-state index in [0.29, 0.717) is 36.6 Å². The first-order valence-corrected chi connectivity index (χ1v) is 10.2. The van der Waals surface area contributed by atoms with Crippen molar-refractivity contribution in [1.29, 1.82) is 0 Å². The Labute approximate surface area is 181 Å². The van der Waals surface area contributed by atoms with E-state index in [9.17, 15) is 19.1 Å². The maximum Gasteiger partial charge on any atom is 0.295 e. The summed E-state index contributed by atoms with van der Waals surface area (Å²) < 4.78 is 19.1. The van der Waals surface area contributed by atoms with Gasteiger partial charge in [-0.25, -0.2) is 4.39 Å². The molecule has 1 aliphatic rings. The largest absolute Gasteiger partial charge is 0.507 e. The molecule has 1 unspecified atom stereocenters. The van der Waals surface area contributed by atoms with E-state index in [-0.39, 0.29) is 11.3 Å². The molecular formula is C24H27FN2O4. The minimum atomic E-state index is -0.795. The van der Waals surface area contributed by atoms with Crippen molar-refractivity contribution in [3.63, 3.8) is 0 Å². The first-order valence-electron chi connectivity index (χ1n) is 10.2. The lowest BCUT2D eigenvalue weighted by molar-refractivity contribution is -0.140. The molecular weight excluding hydrogens is 399 g/mol. The van der Waals surface area contributed by atoms with Gasteiger partial charge in [-0.3, -0.25) is 9.59 Å². The Morgan fingerprint density at radius 3 is 2.32 bits per heavy atom. The van der Waals surface area contributed by atoms with Crippen molar-refractivity contribution in [1.82, 2.24) is 9.80 Å². The summed E-state index contributed by atoms with van der Waals surface area (Å²) in [6.07, 6.45) is 0.871. The van der Waals surface area contributed by atoms with Crippen LogP contribution in [0.25, 0.3) is 5.76 Å². The van der Waals surface area contributed by atoms with E-state index in [0.717, 1.165) is 6.42 Å². The van der Waals surface area contributed by atoms with Crippen LogP contribution < -0.4 is 4.74 Å². The van der Waals surface area contributed by atoms with Crippen LogP contribution in [0.5, 0.6) is 5.75 Å². The van der Waals surface area contributed by atoms with Crippen molar-refractivity contribution in [2.24, 2.45) is 0 Å². The second-order valence-corrected chi connectivity index (χ2v) is 7.72. The number of amides is 1. The molecule has 6 nitrogen and oxygen atoms in total. The van der Waals surface area contributed by atoms with Gasteiger partial charge in [-0.15, -0.1) is 0 Å². The first-order chi connectivity index (χ1) is 14.8. The standard InChI is InChI=1S/C24H27FN2O4/c1-4-15-31-19-11-7-17(8-12-19)22(28)20-21(16-5-9-18(25)10-6-16)27(14-13-26(2)3)24(30)23(20)29/h5-12,21,28H,4,13-15H2,1-3H3/b22-20-. The van der Waals surface area contributed by atoms with Gasteiger partial charge in [-0.1, -0.05) is 19.1 Å². The molecule has 1 saturated heterocycles. The summed E-state index contributed by atoms with van der Waals surface area (Å²) in [5.41, 5.74) is 0.961. The van der Waals surface area contributed by atoms with E-state index >= 15 is 0 Å². The van der Waals surface area contributed by atoms with Gasteiger partial charge in [0.1, 0.15) is 17.3 Å². The van der Waals surface area contributed by atoms with Crippen molar-refractivity contribution >= 4 is 17.4 Å². The number of likely N-dealkylation sites (tertiary alicyclic amines) is 1. The summed E-state index contributed by atoms with van der Waals surface area (Å²) in [5.74, 6) is -1.46. The zero-order valence-corrected chi connectivity index (χ0v) is 18.0. The molecule has 0 bridgehead atoms. The van der Waals surface area contributed by atoms with Crippen molar-refractivity contribution in [3.8, 4) is 5.75 Å². The molecule has 1 N–H and O–H groups in total. The van der Waals surface area contributed by atoms with Crippen LogP contribution in [-0.4, -0.2) is 60.4 Å². The molecule has 2 aromatic rings. The lowest BCUT2D eigenvalue weighted by Gasteiger charge is -2.26. The van der Waals surface area contributed by atoms with Crippen molar-refractivity contribution < 1.29 is 23.8 Å². The quantitative estimate of drug-likeness (QED) is 0.397. The SMILES string of the molecule is CCCOc1ccc(/C(O)=C2/C(=O)C(=O)N(CCN(C)C)C2c2ccc(F)cc2)cc1. The molecule has 0 spiro atoms. The summed E-state index contributed by atoms with van der Waals surface area (Å²) in [6, 6.07) is 11.5. The molecule has 1 heterocycles. The number of hydrogen-bond acceptors (Lipinski definition) is 5.